The first-order valence-electron chi connectivity index (χ1n) is 5.99. The fourth-order valence-electron chi connectivity index (χ4n) is 2.47. The Kier molecular flexibility index (Phi) is 2.95. The van der Waals surface area contributed by atoms with Crippen molar-refractivity contribution in [1.29, 1.82) is 0 Å². The van der Waals surface area contributed by atoms with Gasteiger partial charge in [-0.2, -0.15) is 0 Å². The van der Waals surface area contributed by atoms with E-state index in [9.17, 15) is 4.79 Å². The molecule has 0 aliphatic heterocycles. The highest BCUT2D eigenvalue weighted by Crippen LogP contribution is 2.34. The number of benzene rings is 2. The van der Waals surface area contributed by atoms with Gasteiger partial charge in [0.1, 0.15) is 0 Å². The molecule has 2 aromatic carbocycles. The van der Waals surface area contributed by atoms with Crippen LogP contribution in [0.4, 0.5) is 0 Å². The van der Waals surface area contributed by atoms with Crippen LogP contribution in [-0.2, 0) is 11.2 Å². The Bertz CT molecular complexity index is 776. The number of rotatable bonds is 3. The van der Waals surface area contributed by atoms with E-state index in [1.54, 1.807) is 11.8 Å². The zero-order valence-corrected chi connectivity index (χ0v) is 11.3. The van der Waals surface area contributed by atoms with Gasteiger partial charge in [-0.1, -0.05) is 30.3 Å². The molecule has 1 aromatic heterocycles. The third kappa shape index (κ3) is 1.98. The fraction of sp³-hybridized carbons (Fsp3) is 0.133. The molecule has 0 fully saturated rings. The number of carboxylic acids is 1. The summed E-state index contributed by atoms with van der Waals surface area (Å²) in [6, 6.07) is 12.0. The summed E-state index contributed by atoms with van der Waals surface area (Å²) < 4.78 is 0. The highest BCUT2D eigenvalue weighted by atomic mass is 32.2. The molecule has 1 heterocycles. The standard InChI is InChI=1S/C15H13NO2S/c1-19-15-9(8-13(17)18)6-7-11-10-4-2-3-5-12(10)16-14(11)15/h2-7,16H,8H2,1H3,(H,17,18). The number of carbonyl (C=O) groups is 1. The summed E-state index contributed by atoms with van der Waals surface area (Å²) in [6.07, 6.45) is 2.03. The van der Waals surface area contributed by atoms with Crippen molar-refractivity contribution in [3.05, 3.63) is 42.0 Å². The van der Waals surface area contributed by atoms with E-state index in [0.717, 1.165) is 26.9 Å². The molecule has 0 radical (unpaired) electrons. The van der Waals surface area contributed by atoms with Gasteiger partial charge in [0.05, 0.1) is 11.9 Å². The molecule has 0 saturated heterocycles. The molecule has 3 aromatic rings. The smallest absolute Gasteiger partial charge is 0.307 e. The predicted molar refractivity (Wildman–Crippen MR) is 78.9 cm³/mol. The molecular formula is C15H13NO2S. The minimum Gasteiger partial charge on any atom is -0.481 e. The van der Waals surface area contributed by atoms with Crippen molar-refractivity contribution in [2.24, 2.45) is 0 Å². The summed E-state index contributed by atoms with van der Waals surface area (Å²) in [4.78, 5) is 15.3. The maximum atomic E-state index is 10.9. The van der Waals surface area contributed by atoms with E-state index in [-0.39, 0.29) is 6.42 Å². The van der Waals surface area contributed by atoms with E-state index >= 15 is 0 Å². The quantitative estimate of drug-likeness (QED) is 0.715. The first-order chi connectivity index (χ1) is 9.20. The number of carboxylic acid groups (broad SMARTS) is 1. The minimum atomic E-state index is -0.800. The van der Waals surface area contributed by atoms with Gasteiger partial charge in [0.2, 0.25) is 0 Å². The first-order valence-corrected chi connectivity index (χ1v) is 7.21. The third-order valence-corrected chi connectivity index (χ3v) is 4.14. The van der Waals surface area contributed by atoms with E-state index in [1.807, 2.05) is 36.6 Å². The number of hydrogen-bond acceptors (Lipinski definition) is 2. The zero-order chi connectivity index (χ0) is 13.4. The molecule has 0 saturated carbocycles. The van der Waals surface area contributed by atoms with Gasteiger partial charge in [0.25, 0.3) is 0 Å². The van der Waals surface area contributed by atoms with E-state index in [2.05, 4.69) is 11.1 Å². The van der Waals surface area contributed by atoms with E-state index in [0.29, 0.717) is 0 Å². The second-order valence-corrected chi connectivity index (χ2v) is 5.24. The summed E-state index contributed by atoms with van der Waals surface area (Å²) in [6.45, 7) is 0. The minimum absolute atomic E-state index is 0.0570. The molecule has 4 heteroatoms. The molecule has 0 bridgehead atoms. The highest BCUT2D eigenvalue weighted by molar-refractivity contribution is 7.98. The average Bonchev–Trinajstić information content (AvgIpc) is 2.76. The van der Waals surface area contributed by atoms with Gasteiger partial charge in [0, 0.05) is 21.2 Å². The van der Waals surface area contributed by atoms with Gasteiger partial charge in [-0.15, -0.1) is 11.8 Å². The number of para-hydroxylation sites is 1. The normalized spacial score (nSPS) is 11.2. The van der Waals surface area contributed by atoms with Crippen LogP contribution >= 0.6 is 11.8 Å². The van der Waals surface area contributed by atoms with Crippen LogP contribution in [0.5, 0.6) is 0 Å². The molecule has 0 aliphatic rings. The zero-order valence-electron chi connectivity index (χ0n) is 10.4. The number of hydrogen-bond donors (Lipinski definition) is 2. The van der Waals surface area contributed by atoms with Gasteiger partial charge in [0.15, 0.2) is 0 Å². The average molecular weight is 271 g/mol. The Labute approximate surface area is 114 Å². The molecule has 0 aliphatic carbocycles. The van der Waals surface area contributed by atoms with Gasteiger partial charge in [-0.25, -0.2) is 0 Å². The van der Waals surface area contributed by atoms with Crippen LogP contribution < -0.4 is 0 Å². The van der Waals surface area contributed by atoms with Crippen molar-refractivity contribution in [2.45, 2.75) is 11.3 Å². The monoisotopic (exact) mass is 271 g/mol. The van der Waals surface area contributed by atoms with Gasteiger partial charge >= 0.3 is 5.97 Å². The lowest BCUT2D eigenvalue weighted by Gasteiger charge is -2.06. The Morgan fingerprint density at radius 1 is 1.21 bits per heavy atom. The summed E-state index contributed by atoms with van der Waals surface area (Å²) >= 11 is 1.59. The molecule has 96 valence electrons. The fourth-order valence-corrected chi connectivity index (χ4v) is 3.24. The number of aromatic amines is 1. The molecule has 0 atom stereocenters. The summed E-state index contributed by atoms with van der Waals surface area (Å²) in [5.41, 5.74) is 2.98. The van der Waals surface area contributed by atoms with Gasteiger partial charge in [-0.05, 0) is 17.9 Å². The van der Waals surface area contributed by atoms with Crippen molar-refractivity contribution < 1.29 is 9.90 Å². The summed E-state index contributed by atoms with van der Waals surface area (Å²) in [5, 5.41) is 11.3. The van der Waals surface area contributed by atoms with Crippen molar-refractivity contribution >= 4 is 39.5 Å². The number of fused-ring (bicyclic) bond motifs is 3. The van der Waals surface area contributed by atoms with Crippen molar-refractivity contribution in [1.82, 2.24) is 4.98 Å². The number of aromatic nitrogens is 1. The summed E-state index contributed by atoms with van der Waals surface area (Å²) in [5.74, 6) is -0.800. The SMILES string of the molecule is CSc1c(CC(=O)O)ccc2c1[nH]c1ccccc12. The largest absolute Gasteiger partial charge is 0.481 e. The predicted octanol–water partition coefficient (Wildman–Crippen LogP) is 3.67. The molecular weight excluding hydrogens is 258 g/mol. The maximum Gasteiger partial charge on any atom is 0.307 e. The van der Waals surface area contributed by atoms with Crippen LogP contribution in [-0.4, -0.2) is 22.3 Å². The van der Waals surface area contributed by atoms with Crippen LogP contribution in [0.2, 0.25) is 0 Å². The van der Waals surface area contributed by atoms with Crippen molar-refractivity contribution in [3.63, 3.8) is 0 Å². The number of H-pyrrole nitrogens is 1. The molecule has 3 nitrogen and oxygen atoms in total. The Balaban J connectivity index is 2.33. The summed E-state index contributed by atoms with van der Waals surface area (Å²) in [7, 11) is 0. The number of nitrogens with one attached hydrogen (secondary N) is 1. The molecule has 2 N–H and O–H groups in total. The molecule has 0 amide bonds. The lowest BCUT2D eigenvalue weighted by atomic mass is 10.1. The van der Waals surface area contributed by atoms with Gasteiger partial charge in [-0.3, -0.25) is 4.79 Å². The van der Waals surface area contributed by atoms with Crippen molar-refractivity contribution in [3.8, 4) is 0 Å². The molecule has 3 rings (SSSR count). The van der Waals surface area contributed by atoms with Crippen LogP contribution in [0.1, 0.15) is 5.56 Å². The lowest BCUT2D eigenvalue weighted by Crippen LogP contribution is -2.01. The second-order valence-electron chi connectivity index (χ2n) is 4.42. The lowest BCUT2D eigenvalue weighted by molar-refractivity contribution is -0.136. The Morgan fingerprint density at radius 3 is 2.74 bits per heavy atom. The second kappa shape index (κ2) is 4.63. The molecule has 0 unspecified atom stereocenters. The highest BCUT2D eigenvalue weighted by Gasteiger charge is 2.13. The van der Waals surface area contributed by atoms with E-state index < -0.39 is 5.97 Å². The number of aliphatic carboxylic acids is 1. The Morgan fingerprint density at radius 2 is 2.00 bits per heavy atom. The maximum absolute atomic E-state index is 10.9. The third-order valence-electron chi connectivity index (χ3n) is 3.26. The van der Waals surface area contributed by atoms with Crippen LogP contribution in [0.15, 0.2) is 41.3 Å². The van der Waals surface area contributed by atoms with E-state index in [4.69, 9.17) is 5.11 Å². The van der Waals surface area contributed by atoms with Crippen LogP contribution in [0.25, 0.3) is 21.8 Å². The van der Waals surface area contributed by atoms with Gasteiger partial charge < -0.3 is 10.1 Å². The molecule has 19 heavy (non-hydrogen) atoms. The number of thioether (sulfide) groups is 1. The molecule has 0 spiro atoms. The Hall–Kier alpha value is -1.94. The van der Waals surface area contributed by atoms with Crippen LogP contribution in [0, 0.1) is 0 Å². The van der Waals surface area contributed by atoms with Crippen LogP contribution in [0.3, 0.4) is 0 Å². The first kappa shape index (κ1) is 12.1. The van der Waals surface area contributed by atoms with E-state index in [1.165, 1.54) is 5.39 Å². The van der Waals surface area contributed by atoms with Crippen molar-refractivity contribution in [2.75, 3.05) is 6.26 Å². The topological polar surface area (TPSA) is 53.1 Å².